The summed E-state index contributed by atoms with van der Waals surface area (Å²) in [7, 11) is 2.97. The molecule has 138 valence electrons. The summed E-state index contributed by atoms with van der Waals surface area (Å²) in [4.78, 5) is 16.6. The fourth-order valence-corrected chi connectivity index (χ4v) is 2.84. The van der Waals surface area contributed by atoms with E-state index >= 15 is 0 Å². The van der Waals surface area contributed by atoms with E-state index < -0.39 is 0 Å². The first-order valence-electron chi connectivity index (χ1n) is 8.49. The highest BCUT2D eigenvalue weighted by Gasteiger charge is 2.29. The minimum atomic E-state index is -0.343. The molecule has 2 amide bonds. The maximum atomic E-state index is 11.7. The molecule has 0 aliphatic carbocycles. The zero-order valence-corrected chi connectivity index (χ0v) is 15.5. The molecule has 1 aliphatic heterocycles. The van der Waals surface area contributed by atoms with Crippen LogP contribution in [0.5, 0.6) is 11.5 Å². The van der Waals surface area contributed by atoms with Crippen LogP contribution in [0.1, 0.15) is 25.0 Å². The molecule has 6 heteroatoms. The second kappa shape index (κ2) is 7.25. The fourth-order valence-electron chi connectivity index (χ4n) is 2.84. The molecule has 1 heterocycles. The zero-order valence-electron chi connectivity index (χ0n) is 15.5. The van der Waals surface area contributed by atoms with Gasteiger partial charge in [0, 0.05) is 19.2 Å². The standard InChI is InChI=1S/C20H24N2O4/c1-20(2)12-15-11-14(5-10-18(15)26-20)13-25-17-8-6-16(7-9-17)21-19(23)22(3)24-4/h5-11H,12-13H2,1-4H3,(H,21,23). The van der Waals surface area contributed by atoms with Gasteiger partial charge < -0.3 is 14.8 Å². The van der Waals surface area contributed by atoms with E-state index in [9.17, 15) is 4.79 Å². The third-order valence-electron chi connectivity index (χ3n) is 4.20. The van der Waals surface area contributed by atoms with Gasteiger partial charge in [0.05, 0.1) is 7.11 Å². The highest BCUT2D eigenvalue weighted by Crippen LogP contribution is 2.35. The van der Waals surface area contributed by atoms with Gasteiger partial charge in [0.25, 0.3) is 0 Å². The number of nitrogens with zero attached hydrogens (tertiary/aromatic N) is 1. The van der Waals surface area contributed by atoms with Crippen LogP contribution in [0.25, 0.3) is 0 Å². The first-order valence-corrected chi connectivity index (χ1v) is 8.49. The molecular formula is C20H24N2O4. The molecule has 0 unspecified atom stereocenters. The van der Waals surface area contributed by atoms with Gasteiger partial charge in [0.1, 0.15) is 23.7 Å². The van der Waals surface area contributed by atoms with E-state index in [0.29, 0.717) is 12.3 Å². The van der Waals surface area contributed by atoms with Gasteiger partial charge >= 0.3 is 6.03 Å². The van der Waals surface area contributed by atoms with Crippen molar-refractivity contribution in [3.05, 3.63) is 53.6 Å². The second-order valence-corrected chi connectivity index (χ2v) is 6.90. The Morgan fingerprint density at radius 1 is 1.23 bits per heavy atom. The number of rotatable bonds is 5. The Morgan fingerprint density at radius 2 is 1.96 bits per heavy atom. The van der Waals surface area contributed by atoms with Gasteiger partial charge in [-0.05, 0) is 61.4 Å². The number of urea groups is 1. The summed E-state index contributed by atoms with van der Waals surface area (Å²) in [5.41, 5.74) is 2.85. The van der Waals surface area contributed by atoms with E-state index in [1.807, 2.05) is 24.3 Å². The number of benzene rings is 2. The van der Waals surface area contributed by atoms with Crippen molar-refractivity contribution in [2.75, 3.05) is 19.5 Å². The van der Waals surface area contributed by atoms with Crippen LogP contribution in [0.2, 0.25) is 0 Å². The minimum absolute atomic E-state index is 0.140. The van der Waals surface area contributed by atoms with Crippen molar-refractivity contribution >= 4 is 11.7 Å². The number of hydrogen-bond acceptors (Lipinski definition) is 4. The van der Waals surface area contributed by atoms with Gasteiger partial charge in [-0.1, -0.05) is 6.07 Å². The molecule has 0 bridgehead atoms. The number of ether oxygens (including phenoxy) is 2. The van der Waals surface area contributed by atoms with Crippen LogP contribution in [0.4, 0.5) is 10.5 Å². The average molecular weight is 356 g/mol. The van der Waals surface area contributed by atoms with E-state index in [1.165, 1.54) is 19.7 Å². The van der Waals surface area contributed by atoms with Gasteiger partial charge in [0.2, 0.25) is 0 Å². The smallest absolute Gasteiger partial charge is 0.345 e. The van der Waals surface area contributed by atoms with Crippen LogP contribution in [-0.2, 0) is 17.9 Å². The van der Waals surface area contributed by atoms with Crippen molar-refractivity contribution in [3.8, 4) is 11.5 Å². The molecule has 0 atom stereocenters. The SMILES string of the molecule is CON(C)C(=O)Nc1ccc(OCc2ccc3c(c2)CC(C)(C)O3)cc1. The summed E-state index contributed by atoms with van der Waals surface area (Å²) in [6, 6.07) is 13.0. The van der Waals surface area contributed by atoms with Gasteiger partial charge in [-0.2, -0.15) is 0 Å². The predicted octanol–water partition coefficient (Wildman–Crippen LogP) is 4.00. The second-order valence-electron chi connectivity index (χ2n) is 6.90. The van der Waals surface area contributed by atoms with Crippen molar-refractivity contribution in [3.63, 3.8) is 0 Å². The summed E-state index contributed by atoms with van der Waals surface area (Å²) in [6.07, 6.45) is 0.903. The van der Waals surface area contributed by atoms with E-state index in [4.69, 9.17) is 14.3 Å². The van der Waals surface area contributed by atoms with Gasteiger partial charge in [0.15, 0.2) is 0 Å². The predicted molar refractivity (Wildman–Crippen MR) is 99.4 cm³/mol. The van der Waals surface area contributed by atoms with E-state index in [2.05, 4.69) is 25.2 Å². The van der Waals surface area contributed by atoms with Crippen LogP contribution in [-0.4, -0.2) is 30.9 Å². The number of hydroxylamine groups is 2. The van der Waals surface area contributed by atoms with Crippen LogP contribution in [0.15, 0.2) is 42.5 Å². The van der Waals surface area contributed by atoms with Crippen molar-refractivity contribution in [1.82, 2.24) is 5.06 Å². The molecule has 0 fully saturated rings. The summed E-state index contributed by atoms with van der Waals surface area (Å²) < 4.78 is 11.7. The monoisotopic (exact) mass is 356 g/mol. The number of carbonyl (C=O) groups is 1. The highest BCUT2D eigenvalue weighted by atomic mass is 16.7. The summed E-state index contributed by atoms with van der Waals surface area (Å²) in [5, 5.41) is 3.84. The molecule has 0 saturated heterocycles. The lowest BCUT2D eigenvalue weighted by Gasteiger charge is -2.16. The Bertz CT molecular complexity index is 787. The van der Waals surface area contributed by atoms with Crippen molar-refractivity contribution in [2.45, 2.75) is 32.5 Å². The molecule has 2 aromatic rings. The number of carbonyl (C=O) groups excluding carboxylic acids is 1. The molecule has 0 aromatic heterocycles. The Balaban J connectivity index is 1.57. The van der Waals surface area contributed by atoms with Crippen molar-refractivity contribution in [1.29, 1.82) is 0 Å². The number of anilines is 1. The van der Waals surface area contributed by atoms with Gasteiger partial charge in [-0.15, -0.1) is 0 Å². The van der Waals surface area contributed by atoms with Crippen LogP contribution in [0.3, 0.4) is 0 Å². The van der Waals surface area contributed by atoms with Gasteiger partial charge in [-0.3, -0.25) is 4.84 Å². The minimum Gasteiger partial charge on any atom is -0.489 e. The normalized spacial score (nSPS) is 14.3. The Kier molecular flexibility index (Phi) is 5.04. The largest absolute Gasteiger partial charge is 0.489 e. The lowest BCUT2D eigenvalue weighted by molar-refractivity contribution is -0.0598. The van der Waals surface area contributed by atoms with Crippen molar-refractivity contribution < 1.29 is 19.1 Å². The zero-order chi connectivity index (χ0) is 18.7. The fraction of sp³-hybridized carbons (Fsp3) is 0.350. The number of nitrogens with one attached hydrogen (secondary N) is 1. The molecule has 0 spiro atoms. The van der Waals surface area contributed by atoms with Crippen LogP contribution >= 0.6 is 0 Å². The Hall–Kier alpha value is -2.73. The van der Waals surface area contributed by atoms with E-state index in [1.54, 1.807) is 12.1 Å². The first kappa shape index (κ1) is 18.1. The van der Waals surface area contributed by atoms with Gasteiger partial charge in [-0.25, -0.2) is 9.86 Å². The lowest BCUT2D eigenvalue weighted by atomic mass is 10.0. The molecule has 3 rings (SSSR count). The molecule has 2 aromatic carbocycles. The highest BCUT2D eigenvalue weighted by molar-refractivity contribution is 5.88. The maximum Gasteiger partial charge on any atom is 0.345 e. The Labute approximate surface area is 153 Å². The summed E-state index contributed by atoms with van der Waals surface area (Å²) in [6.45, 7) is 4.66. The number of hydrogen-bond donors (Lipinski definition) is 1. The molecule has 26 heavy (non-hydrogen) atoms. The molecule has 1 aliphatic rings. The maximum absolute atomic E-state index is 11.7. The van der Waals surface area contributed by atoms with Crippen LogP contribution in [0, 0.1) is 0 Å². The third-order valence-corrected chi connectivity index (χ3v) is 4.20. The van der Waals surface area contributed by atoms with E-state index in [-0.39, 0.29) is 11.6 Å². The molecule has 1 N–H and O–H groups in total. The number of amides is 2. The first-order chi connectivity index (χ1) is 12.4. The van der Waals surface area contributed by atoms with Crippen molar-refractivity contribution in [2.24, 2.45) is 0 Å². The Morgan fingerprint density at radius 3 is 2.65 bits per heavy atom. The molecular weight excluding hydrogens is 332 g/mol. The molecule has 0 radical (unpaired) electrons. The molecule has 6 nitrogen and oxygen atoms in total. The quantitative estimate of drug-likeness (QED) is 0.823. The topological polar surface area (TPSA) is 60.0 Å². The summed E-state index contributed by atoms with van der Waals surface area (Å²) in [5.74, 6) is 1.69. The lowest BCUT2D eigenvalue weighted by Crippen LogP contribution is -2.30. The summed E-state index contributed by atoms with van der Waals surface area (Å²) >= 11 is 0. The average Bonchev–Trinajstić information content (AvgIpc) is 2.93. The van der Waals surface area contributed by atoms with E-state index in [0.717, 1.165) is 28.5 Å². The molecule has 0 saturated carbocycles. The van der Waals surface area contributed by atoms with Crippen LogP contribution < -0.4 is 14.8 Å². The third kappa shape index (κ3) is 4.26. The number of fused-ring (bicyclic) bond motifs is 1.